The first-order valence-electron chi connectivity index (χ1n) is 15.0. The summed E-state index contributed by atoms with van der Waals surface area (Å²) in [7, 11) is 2.04. The lowest BCUT2D eigenvalue weighted by Crippen LogP contribution is -2.47. The monoisotopic (exact) mass is 613 g/mol. The molecule has 0 unspecified atom stereocenters. The summed E-state index contributed by atoms with van der Waals surface area (Å²) < 4.78 is 13.9. The number of fused-ring (bicyclic) bond motifs is 1. The number of rotatable bonds is 11. The van der Waals surface area contributed by atoms with E-state index < -0.39 is 0 Å². The van der Waals surface area contributed by atoms with E-state index >= 15 is 0 Å². The summed E-state index contributed by atoms with van der Waals surface area (Å²) in [6.45, 7) is 5.44. The Morgan fingerprint density at radius 1 is 1.13 bits per heavy atom. The molecule has 1 aliphatic heterocycles. The van der Waals surface area contributed by atoms with Crippen LogP contribution < -0.4 is 14.8 Å². The van der Waals surface area contributed by atoms with Gasteiger partial charge in [-0.25, -0.2) is 4.68 Å². The molecule has 0 radical (unpaired) electrons. The molecular weight excluding hydrogens is 574 g/mol. The highest BCUT2D eigenvalue weighted by atomic mass is 16.5. The Morgan fingerprint density at radius 2 is 1.89 bits per heavy atom. The van der Waals surface area contributed by atoms with E-state index in [1.54, 1.807) is 23.1 Å². The number of ether oxygens (including phenoxy) is 2. The molecule has 12 nitrogen and oxygen atoms in total. The standard InChI is InChI=1S/C33H39N7O5/c1-23-17-40(24(2)21-41)33(43)16-26-15-27(35-32(42)20-39-22-34-36-37-39)11-14-30(26)45-31(23)19-38(3)18-25-9-12-29(13-10-25)44-28-7-5-4-6-8-28/h4-15,22-24,31,41H,16-21H2,1-3H3,(H,35,42)/t23-,24+,31-/m1/s1. The molecule has 1 aromatic heterocycles. The van der Waals surface area contributed by atoms with E-state index in [-0.39, 0.29) is 49.5 Å². The Balaban J connectivity index is 1.30. The minimum absolute atomic E-state index is 0.0336. The van der Waals surface area contributed by atoms with E-state index in [0.717, 1.165) is 17.1 Å². The van der Waals surface area contributed by atoms with Crippen molar-refractivity contribution in [3.8, 4) is 17.2 Å². The molecule has 2 N–H and O–H groups in total. The number of nitrogens with zero attached hydrogens (tertiary/aromatic N) is 6. The zero-order valence-electron chi connectivity index (χ0n) is 25.7. The summed E-state index contributed by atoms with van der Waals surface area (Å²) in [6, 6.07) is 22.7. The number of nitrogens with one attached hydrogen (secondary N) is 1. The van der Waals surface area contributed by atoms with Crippen molar-refractivity contribution in [2.75, 3.05) is 32.1 Å². The highest BCUT2D eigenvalue weighted by Gasteiger charge is 2.31. The molecule has 1 aliphatic rings. The van der Waals surface area contributed by atoms with Gasteiger partial charge in [0.15, 0.2) is 0 Å². The number of aliphatic hydroxyl groups is 1. The lowest BCUT2D eigenvalue weighted by atomic mass is 10.0. The summed E-state index contributed by atoms with van der Waals surface area (Å²) in [5, 5.41) is 23.6. The Hall–Kier alpha value is -4.81. The summed E-state index contributed by atoms with van der Waals surface area (Å²) in [5.41, 5.74) is 2.32. The summed E-state index contributed by atoms with van der Waals surface area (Å²) >= 11 is 0. The normalized spacial score (nSPS) is 17.4. The van der Waals surface area contributed by atoms with Gasteiger partial charge >= 0.3 is 0 Å². The topological polar surface area (TPSA) is 135 Å². The van der Waals surface area contributed by atoms with Crippen LogP contribution in [0.1, 0.15) is 25.0 Å². The molecule has 4 aromatic rings. The summed E-state index contributed by atoms with van der Waals surface area (Å²) in [5.74, 6) is 1.70. The third-order valence-corrected chi connectivity index (χ3v) is 7.74. The van der Waals surface area contributed by atoms with Crippen LogP contribution >= 0.6 is 0 Å². The lowest BCUT2D eigenvalue weighted by molar-refractivity contribution is -0.134. The Kier molecular flexibility index (Phi) is 10.4. The van der Waals surface area contributed by atoms with E-state index in [1.165, 1.54) is 11.0 Å². The van der Waals surface area contributed by atoms with Gasteiger partial charge in [-0.05, 0) is 72.4 Å². The van der Waals surface area contributed by atoms with Crippen LogP contribution in [-0.2, 0) is 29.1 Å². The number of anilines is 1. The molecule has 0 saturated heterocycles. The number of hydrogen-bond acceptors (Lipinski definition) is 9. The van der Waals surface area contributed by atoms with Crippen LogP contribution in [-0.4, -0.2) is 85.8 Å². The predicted molar refractivity (Wildman–Crippen MR) is 168 cm³/mol. The van der Waals surface area contributed by atoms with Crippen LogP contribution in [0.3, 0.4) is 0 Å². The molecule has 0 aliphatic carbocycles. The maximum absolute atomic E-state index is 13.5. The number of carbonyl (C=O) groups excluding carboxylic acids is 2. The predicted octanol–water partition coefficient (Wildman–Crippen LogP) is 3.39. The number of para-hydroxylation sites is 1. The SMILES string of the molecule is C[C@@H]1CN([C@@H](C)CO)C(=O)Cc2cc(NC(=O)Cn3cnnn3)ccc2O[C@@H]1CN(C)Cc1ccc(Oc2ccccc2)cc1. The minimum atomic E-state index is -0.351. The van der Waals surface area contributed by atoms with Crippen LogP contribution in [0.2, 0.25) is 0 Å². The number of aliphatic hydroxyl groups excluding tert-OH is 1. The van der Waals surface area contributed by atoms with Gasteiger partial charge < -0.3 is 24.8 Å². The van der Waals surface area contributed by atoms with Crippen LogP contribution in [0.4, 0.5) is 5.69 Å². The molecule has 2 heterocycles. The van der Waals surface area contributed by atoms with E-state index in [0.29, 0.717) is 36.6 Å². The smallest absolute Gasteiger partial charge is 0.246 e. The number of hydrogen-bond donors (Lipinski definition) is 2. The molecule has 236 valence electrons. The van der Waals surface area contributed by atoms with Gasteiger partial charge in [-0.1, -0.05) is 37.3 Å². The molecule has 2 amide bonds. The third kappa shape index (κ3) is 8.64. The van der Waals surface area contributed by atoms with E-state index in [9.17, 15) is 14.7 Å². The first-order chi connectivity index (χ1) is 21.8. The van der Waals surface area contributed by atoms with E-state index in [2.05, 4.69) is 44.8 Å². The molecule has 45 heavy (non-hydrogen) atoms. The van der Waals surface area contributed by atoms with Gasteiger partial charge in [-0.15, -0.1) is 5.10 Å². The van der Waals surface area contributed by atoms with Gasteiger partial charge in [0.05, 0.1) is 19.1 Å². The van der Waals surface area contributed by atoms with Gasteiger partial charge in [0, 0.05) is 36.8 Å². The highest BCUT2D eigenvalue weighted by Crippen LogP contribution is 2.29. The highest BCUT2D eigenvalue weighted by molar-refractivity contribution is 5.91. The zero-order valence-corrected chi connectivity index (χ0v) is 25.7. The maximum Gasteiger partial charge on any atom is 0.246 e. The van der Waals surface area contributed by atoms with Crippen LogP contribution in [0.5, 0.6) is 17.2 Å². The molecule has 0 saturated carbocycles. The second kappa shape index (κ2) is 14.8. The van der Waals surface area contributed by atoms with Gasteiger partial charge in [0.2, 0.25) is 11.8 Å². The third-order valence-electron chi connectivity index (χ3n) is 7.74. The largest absolute Gasteiger partial charge is 0.488 e. The van der Waals surface area contributed by atoms with Crippen LogP contribution in [0, 0.1) is 5.92 Å². The first-order valence-corrected chi connectivity index (χ1v) is 15.0. The van der Waals surface area contributed by atoms with Crippen LogP contribution in [0.15, 0.2) is 79.1 Å². The molecule has 3 aromatic carbocycles. The van der Waals surface area contributed by atoms with E-state index in [4.69, 9.17) is 9.47 Å². The molecule has 0 bridgehead atoms. The summed E-state index contributed by atoms with van der Waals surface area (Å²) in [6.07, 6.45) is 1.18. The van der Waals surface area contributed by atoms with Gasteiger partial charge in [-0.2, -0.15) is 0 Å². The van der Waals surface area contributed by atoms with Crippen molar-refractivity contribution in [1.29, 1.82) is 0 Å². The Bertz CT molecular complexity index is 1550. The van der Waals surface area contributed by atoms with Crippen molar-refractivity contribution in [2.24, 2.45) is 5.92 Å². The fourth-order valence-electron chi connectivity index (χ4n) is 5.30. The van der Waals surface area contributed by atoms with Crippen molar-refractivity contribution < 1.29 is 24.2 Å². The number of likely N-dealkylation sites (N-methyl/N-ethyl adjacent to an activating group) is 1. The second-order valence-electron chi connectivity index (χ2n) is 11.5. The van der Waals surface area contributed by atoms with Crippen molar-refractivity contribution in [3.63, 3.8) is 0 Å². The van der Waals surface area contributed by atoms with Crippen molar-refractivity contribution in [3.05, 3.63) is 90.3 Å². The average molecular weight is 614 g/mol. The average Bonchev–Trinajstić information content (AvgIpc) is 3.55. The zero-order chi connectivity index (χ0) is 31.8. The van der Waals surface area contributed by atoms with Crippen molar-refractivity contribution >= 4 is 17.5 Å². The van der Waals surface area contributed by atoms with Crippen molar-refractivity contribution in [2.45, 2.75) is 45.5 Å². The molecule has 12 heteroatoms. The quantitative estimate of drug-likeness (QED) is 0.261. The Morgan fingerprint density at radius 3 is 2.60 bits per heavy atom. The fourth-order valence-corrected chi connectivity index (χ4v) is 5.30. The maximum atomic E-state index is 13.5. The fraction of sp³-hybridized carbons (Fsp3) is 0.364. The molecule has 3 atom stereocenters. The lowest BCUT2D eigenvalue weighted by Gasteiger charge is -2.34. The van der Waals surface area contributed by atoms with Crippen LogP contribution in [0.25, 0.3) is 0 Å². The Labute approximate surface area is 262 Å². The molecule has 5 rings (SSSR count). The van der Waals surface area contributed by atoms with E-state index in [1.807, 2.05) is 56.4 Å². The number of benzene rings is 3. The number of amides is 2. The van der Waals surface area contributed by atoms with Gasteiger partial charge in [0.1, 0.15) is 36.2 Å². The molecule has 0 spiro atoms. The minimum Gasteiger partial charge on any atom is -0.488 e. The number of tetrazole rings is 1. The molecular formula is C33H39N7O5. The molecule has 0 fully saturated rings. The van der Waals surface area contributed by atoms with Gasteiger partial charge in [-0.3, -0.25) is 14.5 Å². The van der Waals surface area contributed by atoms with Gasteiger partial charge in [0.25, 0.3) is 0 Å². The summed E-state index contributed by atoms with van der Waals surface area (Å²) in [4.78, 5) is 30.0. The number of carbonyl (C=O) groups is 2. The second-order valence-corrected chi connectivity index (χ2v) is 11.5. The number of aromatic nitrogens is 4. The first kappa shape index (κ1) is 31.6. The van der Waals surface area contributed by atoms with Crippen molar-refractivity contribution in [1.82, 2.24) is 30.0 Å².